The predicted molar refractivity (Wildman–Crippen MR) is 157 cm³/mol. The van der Waals surface area contributed by atoms with Crippen molar-refractivity contribution in [2.75, 3.05) is 0 Å². The molecule has 3 saturated carbocycles. The third kappa shape index (κ3) is 6.84. The van der Waals surface area contributed by atoms with Gasteiger partial charge >= 0.3 is 0 Å². The van der Waals surface area contributed by atoms with E-state index < -0.39 is 8.32 Å². The van der Waals surface area contributed by atoms with E-state index in [4.69, 9.17) is 4.43 Å². The summed E-state index contributed by atoms with van der Waals surface area (Å²) in [4.78, 5) is 0. The van der Waals surface area contributed by atoms with Crippen molar-refractivity contribution in [3.63, 3.8) is 0 Å². The van der Waals surface area contributed by atoms with Crippen molar-refractivity contribution >= 4 is 8.32 Å². The molecule has 0 aliphatic heterocycles. The van der Waals surface area contributed by atoms with Gasteiger partial charge in [-0.25, -0.2) is 0 Å². The van der Waals surface area contributed by atoms with Crippen LogP contribution >= 0.6 is 0 Å². The minimum Gasteiger partial charge on any atom is -0.414 e. The Balaban J connectivity index is 1.70. The summed E-state index contributed by atoms with van der Waals surface area (Å²) in [5, 5.41) is 0.269. The zero-order chi connectivity index (χ0) is 26.0. The lowest BCUT2D eigenvalue weighted by atomic mass is 9.60. The van der Waals surface area contributed by atoms with Crippen molar-refractivity contribution in [3.8, 4) is 0 Å². The molecule has 0 radical (unpaired) electrons. The zero-order valence-corrected chi connectivity index (χ0v) is 25.9. The second kappa shape index (κ2) is 11.4. The van der Waals surface area contributed by atoms with E-state index in [9.17, 15) is 0 Å². The molecule has 3 aliphatic rings. The average molecular weight is 499 g/mol. The summed E-state index contributed by atoms with van der Waals surface area (Å²) in [6.45, 7) is 26.2. The van der Waals surface area contributed by atoms with Crippen LogP contribution in [-0.2, 0) is 4.43 Å². The van der Waals surface area contributed by atoms with Gasteiger partial charge in [-0.1, -0.05) is 97.6 Å². The first kappa shape index (κ1) is 29.0. The van der Waals surface area contributed by atoms with Crippen LogP contribution in [-0.4, -0.2) is 14.4 Å². The first-order valence-corrected chi connectivity index (χ1v) is 17.9. The van der Waals surface area contributed by atoms with Crippen LogP contribution in [0.5, 0.6) is 0 Å². The van der Waals surface area contributed by atoms with Gasteiger partial charge < -0.3 is 4.43 Å². The van der Waals surface area contributed by atoms with Gasteiger partial charge in [0, 0.05) is 6.10 Å². The Labute approximate surface area is 220 Å². The molecule has 0 aromatic carbocycles. The van der Waals surface area contributed by atoms with Crippen molar-refractivity contribution in [1.29, 1.82) is 0 Å². The van der Waals surface area contributed by atoms with Crippen molar-refractivity contribution in [1.82, 2.24) is 0 Å². The van der Waals surface area contributed by atoms with E-state index in [1.54, 1.807) is 5.57 Å². The minimum absolute atomic E-state index is 0.269. The number of allylic oxidation sites excluding steroid dienone is 4. The van der Waals surface area contributed by atoms with E-state index in [1.807, 2.05) is 0 Å². The van der Waals surface area contributed by atoms with Crippen molar-refractivity contribution < 1.29 is 4.43 Å². The van der Waals surface area contributed by atoms with Gasteiger partial charge in [-0.05, 0) is 104 Å². The molecule has 35 heavy (non-hydrogen) atoms. The summed E-state index contributed by atoms with van der Waals surface area (Å²) in [6.07, 6.45) is 19.8. The summed E-state index contributed by atoms with van der Waals surface area (Å²) in [6, 6.07) is 0. The summed E-state index contributed by atoms with van der Waals surface area (Å²) in [5.74, 6) is 3.41. The number of rotatable bonds is 8. The van der Waals surface area contributed by atoms with Crippen LogP contribution in [0.15, 0.2) is 35.5 Å². The standard InChI is InChI=1S/C33H58OSi/c1-24(2)13-11-14-26(4)30-20-21-31-27(15-12-22-33(30,31)8)17-18-28-23-29(19-16-25(28)3)34-35(9,10)32(5,6)7/h17-18,24,26,29-31H,3,11-16,19-23H2,1-2,4-10H3/t26-,29+,30-,31+,33-/m1/s1. The average Bonchev–Trinajstić information content (AvgIpc) is 3.10. The summed E-state index contributed by atoms with van der Waals surface area (Å²) < 4.78 is 6.82. The molecular weight excluding hydrogens is 440 g/mol. The van der Waals surface area contributed by atoms with Gasteiger partial charge in [-0.15, -0.1) is 0 Å². The van der Waals surface area contributed by atoms with E-state index in [1.165, 1.54) is 62.5 Å². The topological polar surface area (TPSA) is 9.23 Å². The maximum atomic E-state index is 6.82. The largest absolute Gasteiger partial charge is 0.414 e. The van der Waals surface area contributed by atoms with E-state index in [2.05, 4.69) is 80.3 Å². The molecule has 0 aromatic rings. The molecular formula is C33H58OSi. The highest BCUT2D eigenvalue weighted by molar-refractivity contribution is 6.74. The van der Waals surface area contributed by atoms with Crippen LogP contribution < -0.4 is 0 Å². The Bertz CT molecular complexity index is 794. The lowest BCUT2D eigenvalue weighted by Gasteiger charge is -2.44. The zero-order valence-electron chi connectivity index (χ0n) is 24.9. The van der Waals surface area contributed by atoms with Crippen LogP contribution in [0, 0.1) is 29.1 Å². The quantitative estimate of drug-likeness (QED) is 0.302. The highest BCUT2D eigenvalue weighted by Crippen LogP contribution is 2.60. The Morgan fingerprint density at radius 3 is 2.43 bits per heavy atom. The van der Waals surface area contributed by atoms with E-state index >= 15 is 0 Å². The van der Waals surface area contributed by atoms with Gasteiger partial charge in [0.25, 0.3) is 0 Å². The Hall–Kier alpha value is -0.603. The predicted octanol–water partition coefficient (Wildman–Crippen LogP) is 10.6. The van der Waals surface area contributed by atoms with Crippen LogP contribution in [0.3, 0.4) is 0 Å². The molecule has 3 fully saturated rings. The van der Waals surface area contributed by atoms with Gasteiger partial charge in [-0.2, -0.15) is 0 Å². The van der Waals surface area contributed by atoms with Crippen LogP contribution in [0.2, 0.25) is 18.1 Å². The van der Waals surface area contributed by atoms with Gasteiger partial charge in [0.05, 0.1) is 0 Å². The molecule has 2 heteroatoms. The van der Waals surface area contributed by atoms with Crippen LogP contribution in [0.4, 0.5) is 0 Å². The lowest BCUT2D eigenvalue weighted by molar-refractivity contribution is 0.0929. The third-order valence-corrected chi connectivity index (χ3v) is 15.1. The first-order chi connectivity index (χ1) is 16.2. The van der Waals surface area contributed by atoms with Gasteiger partial charge in [-0.3, -0.25) is 0 Å². The number of fused-ring (bicyclic) bond motifs is 1. The molecule has 0 saturated heterocycles. The van der Waals surface area contributed by atoms with Crippen molar-refractivity contribution in [2.45, 2.75) is 143 Å². The van der Waals surface area contributed by atoms with Crippen molar-refractivity contribution in [2.24, 2.45) is 29.1 Å². The molecule has 0 amide bonds. The molecule has 0 aromatic heterocycles. The van der Waals surface area contributed by atoms with Crippen LogP contribution in [0.25, 0.3) is 0 Å². The SMILES string of the molecule is C=C1CC[C@H](O[Si](C)(C)C(C)(C)C)CC1=CC=C1CCC[C@]2(C)[C@@H]([C@H](C)CCCC(C)C)CC[C@@H]12. The van der Waals surface area contributed by atoms with Gasteiger partial charge in [0.15, 0.2) is 8.32 Å². The minimum atomic E-state index is -1.73. The Kier molecular flexibility index (Phi) is 9.45. The Morgan fingerprint density at radius 1 is 1.06 bits per heavy atom. The smallest absolute Gasteiger partial charge is 0.192 e. The molecule has 0 heterocycles. The first-order valence-electron chi connectivity index (χ1n) is 15.0. The lowest BCUT2D eigenvalue weighted by Crippen LogP contribution is -2.44. The molecule has 0 bridgehead atoms. The second-order valence-electron chi connectivity index (χ2n) is 14.7. The highest BCUT2D eigenvalue weighted by atomic mass is 28.4. The highest BCUT2D eigenvalue weighted by Gasteiger charge is 2.50. The molecule has 5 atom stereocenters. The maximum Gasteiger partial charge on any atom is 0.192 e. The molecule has 0 N–H and O–H groups in total. The molecule has 3 rings (SSSR count). The molecule has 1 nitrogen and oxygen atoms in total. The maximum absolute atomic E-state index is 6.82. The fourth-order valence-corrected chi connectivity index (χ4v) is 8.73. The number of hydrogen-bond acceptors (Lipinski definition) is 1. The summed E-state index contributed by atoms with van der Waals surface area (Å²) >= 11 is 0. The molecule has 3 aliphatic carbocycles. The second-order valence-corrected chi connectivity index (χ2v) is 19.4. The molecule has 0 unspecified atom stereocenters. The molecule has 0 spiro atoms. The summed E-state index contributed by atoms with van der Waals surface area (Å²) in [5.41, 5.74) is 5.05. The summed E-state index contributed by atoms with van der Waals surface area (Å²) in [7, 11) is -1.73. The van der Waals surface area contributed by atoms with E-state index in [0.717, 1.165) is 42.9 Å². The fourth-order valence-electron chi connectivity index (χ4n) is 7.34. The van der Waals surface area contributed by atoms with Crippen LogP contribution in [0.1, 0.15) is 119 Å². The van der Waals surface area contributed by atoms with Crippen molar-refractivity contribution in [3.05, 3.63) is 35.5 Å². The van der Waals surface area contributed by atoms with Gasteiger partial charge in [0.1, 0.15) is 0 Å². The van der Waals surface area contributed by atoms with E-state index in [0.29, 0.717) is 11.5 Å². The third-order valence-electron chi connectivity index (χ3n) is 10.6. The van der Waals surface area contributed by atoms with Gasteiger partial charge in [0.2, 0.25) is 0 Å². The fraction of sp³-hybridized carbons (Fsp3) is 0.818. The van der Waals surface area contributed by atoms with E-state index in [-0.39, 0.29) is 5.04 Å². The Morgan fingerprint density at radius 2 is 1.77 bits per heavy atom. The molecule has 200 valence electrons. The monoisotopic (exact) mass is 498 g/mol. The normalized spacial score (nSPS) is 33.5. The number of hydrogen-bond donors (Lipinski definition) is 0.